The van der Waals surface area contributed by atoms with E-state index in [2.05, 4.69) is 0 Å². The molecular formula is C13H17FN2O3. The standard InChI is InChI=1S/C13H17FN2O3/c1-16-6-7(5-15)2-11(16)8-3-9(13(18)19)12(17)10(14)4-8/h3-4,7,11,17H,2,5-6,15H2,1H3,(H,18,19). The highest BCUT2D eigenvalue weighted by atomic mass is 19.1. The van der Waals surface area contributed by atoms with Gasteiger partial charge in [-0.15, -0.1) is 0 Å². The molecule has 1 heterocycles. The maximum atomic E-state index is 13.6. The first-order valence-corrected chi connectivity index (χ1v) is 6.10. The fourth-order valence-electron chi connectivity index (χ4n) is 2.64. The molecule has 5 nitrogen and oxygen atoms in total. The van der Waals surface area contributed by atoms with Crippen LogP contribution in [0.1, 0.15) is 28.4 Å². The molecule has 0 saturated carbocycles. The average molecular weight is 268 g/mol. The van der Waals surface area contributed by atoms with E-state index in [0.717, 1.165) is 13.0 Å². The third kappa shape index (κ3) is 2.54. The first kappa shape index (κ1) is 13.8. The van der Waals surface area contributed by atoms with Crippen molar-refractivity contribution in [3.63, 3.8) is 0 Å². The van der Waals surface area contributed by atoms with Crippen molar-refractivity contribution < 1.29 is 19.4 Å². The molecule has 0 aromatic heterocycles. The topological polar surface area (TPSA) is 86.8 Å². The van der Waals surface area contributed by atoms with E-state index in [4.69, 9.17) is 10.8 Å². The number of nitrogens with two attached hydrogens (primary N) is 1. The molecule has 1 aromatic carbocycles. The number of phenols is 1. The summed E-state index contributed by atoms with van der Waals surface area (Å²) in [5.41, 5.74) is 5.79. The van der Waals surface area contributed by atoms with Gasteiger partial charge in [-0.25, -0.2) is 9.18 Å². The third-order valence-electron chi connectivity index (χ3n) is 3.67. The molecule has 1 saturated heterocycles. The third-order valence-corrected chi connectivity index (χ3v) is 3.67. The molecule has 1 fully saturated rings. The molecular weight excluding hydrogens is 251 g/mol. The highest BCUT2D eigenvalue weighted by Crippen LogP contribution is 2.36. The number of benzene rings is 1. The number of hydrogen-bond donors (Lipinski definition) is 3. The normalized spacial score (nSPS) is 23.7. The van der Waals surface area contributed by atoms with E-state index in [1.54, 1.807) is 0 Å². The largest absolute Gasteiger partial charge is 0.504 e. The van der Waals surface area contributed by atoms with Gasteiger partial charge in [0.05, 0.1) is 0 Å². The molecule has 0 radical (unpaired) electrons. The Kier molecular flexibility index (Phi) is 3.73. The summed E-state index contributed by atoms with van der Waals surface area (Å²) in [6.07, 6.45) is 0.760. The van der Waals surface area contributed by atoms with Crippen molar-refractivity contribution in [2.75, 3.05) is 20.1 Å². The highest BCUT2D eigenvalue weighted by Gasteiger charge is 2.31. The van der Waals surface area contributed by atoms with Crippen molar-refractivity contribution >= 4 is 5.97 Å². The summed E-state index contributed by atoms with van der Waals surface area (Å²) in [5, 5.41) is 18.4. The van der Waals surface area contributed by atoms with Gasteiger partial charge in [0.25, 0.3) is 0 Å². The second kappa shape index (κ2) is 5.14. The minimum atomic E-state index is -1.34. The van der Waals surface area contributed by atoms with Crippen LogP contribution in [0.3, 0.4) is 0 Å². The number of carbonyl (C=O) groups is 1. The number of halogens is 1. The first-order valence-electron chi connectivity index (χ1n) is 6.10. The smallest absolute Gasteiger partial charge is 0.339 e. The van der Waals surface area contributed by atoms with Crippen LogP contribution in [-0.2, 0) is 0 Å². The number of likely N-dealkylation sites (tertiary alicyclic amines) is 1. The fraction of sp³-hybridized carbons (Fsp3) is 0.462. The molecule has 2 rings (SSSR count). The molecule has 1 aliphatic rings. The Hall–Kier alpha value is -1.66. The number of nitrogens with zero attached hydrogens (tertiary/aromatic N) is 1. The van der Waals surface area contributed by atoms with Crippen LogP contribution in [0, 0.1) is 11.7 Å². The van der Waals surface area contributed by atoms with Crippen molar-refractivity contribution in [3.05, 3.63) is 29.1 Å². The summed E-state index contributed by atoms with van der Waals surface area (Å²) in [6, 6.07) is 2.46. The molecule has 1 aliphatic heterocycles. The molecule has 2 unspecified atom stereocenters. The number of carboxylic acids is 1. The zero-order valence-electron chi connectivity index (χ0n) is 10.6. The number of aromatic hydroxyl groups is 1. The Morgan fingerprint density at radius 1 is 1.58 bits per heavy atom. The summed E-state index contributed by atoms with van der Waals surface area (Å²) in [6.45, 7) is 1.35. The summed E-state index contributed by atoms with van der Waals surface area (Å²) in [5.74, 6) is -2.74. The molecule has 104 valence electrons. The van der Waals surface area contributed by atoms with Gasteiger partial charge >= 0.3 is 5.97 Å². The Balaban J connectivity index is 2.38. The van der Waals surface area contributed by atoms with Gasteiger partial charge in [0.1, 0.15) is 5.56 Å². The molecule has 0 aliphatic carbocycles. The van der Waals surface area contributed by atoms with Gasteiger partial charge < -0.3 is 15.9 Å². The van der Waals surface area contributed by atoms with Crippen molar-refractivity contribution in [3.8, 4) is 5.75 Å². The number of aromatic carboxylic acids is 1. The Bertz CT molecular complexity index is 507. The van der Waals surface area contributed by atoms with E-state index in [1.165, 1.54) is 12.1 Å². The molecule has 0 amide bonds. The lowest BCUT2D eigenvalue weighted by atomic mass is 9.97. The maximum absolute atomic E-state index is 13.6. The van der Waals surface area contributed by atoms with Gasteiger partial charge in [-0.2, -0.15) is 0 Å². The number of rotatable bonds is 3. The summed E-state index contributed by atoms with van der Waals surface area (Å²) in [7, 11) is 1.89. The summed E-state index contributed by atoms with van der Waals surface area (Å²) < 4.78 is 13.6. The molecule has 0 spiro atoms. The van der Waals surface area contributed by atoms with Crippen LogP contribution < -0.4 is 5.73 Å². The van der Waals surface area contributed by atoms with E-state index < -0.39 is 23.1 Å². The predicted octanol–water partition coefficient (Wildman–Crippen LogP) is 1.18. The minimum absolute atomic E-state index is 0.0678. The van der Waals surface area contributed by atoms with Crippen LogP contribution in [0.25, 0.3) is 0 Å². The Labute approximate surface area is 110 Å². The van der Waals surface area contributed by atoms with Crippen LogP contribution in [0.5, 0.6) is 5.75 Å². The van der Waals surface area contributed by atoms with E-state index in [0.29, 0.717) is 18.0 Å². The molecule has 2 atom stereocenters. The second-order valence-corrected chi connectivity index (χ2v) is 5.00. The Morgan fingerprint density at radius 2 is 2.26 bits per heavy atom. The number of hydrogen-bond acceptors (Lipinski definition) is 4. The van der Waals surface area contributed by atoms with E-state index in [9.17, 15) is 14.3 Å². The van der Waals surface area contributed by atoms with Crippen LogP contribution in [-0.4, -0.2) is 41.2 Å². The molecule has 1 aromatic rings. The van der Waals surface area contributed by atoms with Gasteiger partial charge in [-0.3, -0.25) is 4.90 Å². The van der Waals surface area contributed by atoms with Crippen molar-refractivity contribution in [1.82, 2.24) is 4.90 Å². The monoisotopic (exact) mass is 268 g/mol. The number of carboxylic acid groups (broad SMARTS) is 1. The second-order valence-electron chi connectivity index (χ2n) is 5.00. The SMILES string of the molecule is CN1CC(CN)CC1c1cc(F)c(O)c(C(=O)O)c1. The predicted molar refractivity (Wildman–Crippen MR) is 67.6 cm³/mol. The zero-order chi connectivity index (χ0) is 14.2. The van der Waals surface area contributed by atoms with Crippen LogP contribution >= 0.6 is 0 Å². The van der Waals surface area contributed by atoms with Crippen molar-refractivity contribution in [2.24, 2.45) is 11.7 Å². The van der Waals surface area contributed by atoms with Crippen LogP contribution in [0.4, 0.5) is 4.39 Å². The lowest BCUT2D eigenvalue weighted by Gasteiger charge is -2.20. The fourth-order valence-corrected chi connectivity index (χ4v) is 2.64. The lowest BCUT2D eigenvalue weighted by Crippen LogP contribution is -2.20. The van der Waals surface area contributed by atoms with Crippen molar-refractivity contribution in [2.45, 2.75) is 12.5 Å². The van der Waals surface area contributed by atoms with Crippen LogP contribution in [0.2, 0.25) is 0 Å². The maximum Gasteiger partial charge on any atom is 0.339 e. The van der Waals surface area contributed by atoms with Crippen molar-refractivity contribution in [1.29, 1.82) is 0 Å². The van der Waals surface area contributed by atoms with Gasteiger partial charge in [0.2, 0.25) is 0 Å². The molecule has 6 heteroatoms. The van der Waals surface area contributed by atoms with Gasteiger partial charge in [0.15, 0.2) is 11.6 Å². The van der Waals surface area contributed by atoms with E-state index >= 15 is 0 Å². The van der Waals surface area contributed by atoms with Gasteiger partial charge in [0, 0.05) is 12.6 Å². The molecule has 19 heavy (non-hydrogen) atoms. The summed E-state index contributed by atoms with van der Waals surface area (Å²) in [4.78, 5) is 13.0. The molecule has 0 bridgehead atoms. The van der Waals surface area contributed by atoms with Gasteiger partial charge in [-0.1, -0.05) is 0 Å². The van der Waals surface area contributed by atoms with E-state index in [-0.39, 0.29) is 6.04 Å². The zero-order valence-corrected chi connectivity index (χ0v) is 10.6. The highest BCUT2D eigenvalue weighted by molar-refractivity contribution is 5.91. The quantitative estimate of drug-likeness (QED) is 0.766. The van der Waals surface area contributed by atoms with E-state index in [1.807, 2.05) is 11.9 Å². The van der Waals surface area contributed by atoms with Crippen LogP contribution in [0.15, 0.2) is 12.1 Å². The Morgan fingerprint density at radius 3 is 2.79 bits per heavy atom. The lowest BCUT2D eigenvalue weighted by molar-refractivity contribution is 0.0692. The summed E-state index contributed by atoms with van der Waals surface area (Å²) >= 11 is 0. The minimum Gasteiger partial charge on any atom is -0.504 e. The van der Waals surface area contributed by atoms with Gasteiger partial charge in [-0.05, 0) is 43.6 Å². The molecule has 4 N–H and O–H groups in total. The first-order chi connectivity index (χ1) is 8.93. The average Bonchev–Trinajstić information content (AvgIpc) is 2.73.